The number of carbonyl (C=O) groups is 2. The average Bonchev–Trinajstić information content (AvgIpc) is 2.49. The fraction of sp³-hybridized carbons (Fsp3) is 0.385. The van der Waals surface area contributed by atoms with Crippen molar-refractivity contribution >= 4 is 27.8 Å². The first kappa shape index (κ1) is 17.8. The van der Waals surface area contributed by atoms with E-state index >= 15 is 0 Å². The molecule has 1 N–H and O–H groups in total. The van der Waals surface area contributed by atoms with E-state index < -0.39 is 22.1 Å². The van der Waals surface area contributed by atoms with E-state index in [1.807, 2.05) is 0 Å². The van der Waals surface area contributed by atoms with Crippen molar-refractivity contribution in [1.82, 2.24) is 5.32 Å². The Morgan fingerprint density at radius 2 is 1.73 bits per heavy atom. The van der Waals surface area contributed by atoms with Gasteiger partial charge in [0.05, 0.1) is 38.3 Å². The lowest BCUT2D eigenvalue weighted by molar-refractivity contribution is 0.0600. The highest BCUT2D eigenvalue weighted by Crippen LogP contribution is 2.18. The van der Waals surface area contributed by atoms with Gasteiger partial charge in [0, 0.05) is 6.54 Å². The normalized spacial score (nSPS) is 10.7. The first-order chi connectivity index (χ1) is 10.3. The lowest BCUT2D eigenvalue weighted by Crippen LogP contribution is -2.38. The van der Waals surface area contributed by atoms with Gasteiger partial charge < -0.3 is 14.8 Å². The lowest BCUT2D eigenvalue weighted by atomic mass is 10.2. The van der Waals surface area contributed by atoms with Crippen LogP contribution in [-0.4, -0.2) is 54.0 Å². The summed E-state index contributed by atoms with van der Waals surface area (Å²) in [5, 5.41) is 2.40. The standard InChI is InChI=1S/C13H18N2O6S/c1-20-12(16)10-4-6-11(7-5-10)15(22(3,18)19)9-8-14-13(17)21-2/h4-7H,8-9H2,1-3H3,(H,14,17). The zero-order valence-corrected chi connectivity index (χ0v) is 13.3. The Morgan fingerprint density at radius 1 is 1.14 bits per heavy atom. The Bertz CT molecular complexity index is 626. The third kappa shape index (κ3) is 4.92. The number of nitrogens with zero attached hydrogens (tertiary/aromatic N) is 1. The summed E-state index contributed by atoms with van der Waals surface area (Å²) in [6, 6.07) is 5.91. The van der Waals surface area contributed by atoms with Crippen molar-refractivity contribution in [3.05, 3.63) is 29.8 Å². The fourth-order valence-electron chi connectivity index (χ4n) is 1.70. The monoisotopic (exact) mass is 330 g/mol. The number of carbonyl (C=O) groups excluding carboxylic acids is 2. The van der Waals surface area contributed by atoms with Gasteiger partial charge in [-0.1, -0.05) is 0 Å². The molecule has 0 unspecified atom stereocenters. The largest absolute Gasteiger partial charge is 0.465 e. The molecule has 0 saturated heterocycles. The molecular formula is C13H18N2O6S. The minimum Gasteiger partial charge on any atom is -0.465 e. The number of sulfonamides is 1. The highest BCUT2D eigenvalue weighted by atomic mass is 32.2. The number of esters is 1. The summed E-state index contributed by atoms with van der Waals surface area (Å²) in [4.78, 5) is 22.3. The highest BCUT2D eigenvalue weighted by molar-refractivity contribution is 7.92. The van der Waals surface area contributed by atoms with Gasteiger partial charge >= 0.3 is 12.1 Å². The number of rotatable bonds is 6. The van der Waals surface area contributed by atoms with Crippen LogP contribution in [-0.2, 0) is 19.5 Å². The van der Waals surface area contributed by atoms with Crippen LogP contribution in [0.15, 0.2) is 24.3 Å². The third-order valence-electron chi connectivity index (χ3n) is 2.75. The van der Waals surface area contributed by atoms with Gasteiger partial charge in [0.1, 0.15) is 0 Å². The van der Waals surface area contributed by atoms with Gasteiger partial charge in [-0.05, 0) is 24.3 Å². The second-order valence-corrected chi connectivity index (χ2v) is 6.20. The third-order valence-corrected chi connectivity index (χ3v) is 3.94. The maximum absolute atomic E-state index is 11.8. The van der Waals surface area contributed by atoms with Crippen LogP contribution in [0.1, 0.15) is 10.4 Å². The van der Waals surface area contributed by atoms with Gasteiger partial charge in [-0.3, -0.25) is 4.31 Å². The summed E-state index contributed by atoms with van der Waals surface area (Å²) in [5.74, 6) is -0.509. The molecule has 0 radical (unpaired) electrons. The summed E-state index contributed by atoms with van der Waals surface area (Å²) in [6.07, 6.45) is 0.411. The molecule has 9 heteroatoms. The molecule has 0 saturated carbocycles. The smallest absolute Gasteiger partial charge is 0.406 e. The molecule has 1 aromatic carbocycles. The van der Waals surface area contributed by atoms with Gasteiger partial charge in [0.15, 0.2) is 0 Å². The van der Waals surface area contributed by atoms with Crippen molar-refractivity contribution in [3.8, 4) is 0 Å². The Morgan fingerprint density at radius 3 is 2.18 bits per heavy atom. The maximum Gasteiger partial charge on any atom is 0.406 e. The van der Waals surface area contributed by atoms with Crippen molar-refractivity contribution in [2.45, 2.75) is 0 Å². The van der Waals surface area contributed by atoms with Gasteiger partial charge in [0.25, 0.3) is 0 Å². The molecule has 0 fully saturated rings. The molecule has 0 aliphatic carbocycles. The Hall–Kier alpha value is -2.29. The molecule has 0 atom stereocenters. The zero-order chi connectivity index (χ0) is 16.8. The van der Waals surface area contributed by atoms with Crippen molar-refractivity contribution in [2.75, 3.05) is 37.9 Å². The minimum atomic E-state index is -3.54. The van der Waals surface area contributed by atoms with E-state index in [2.05, 4.69) is 14.8 Å². The predicted octanol–water partition coefficient (Wildman–Crippen LogP) is 0.595. The number of alkyl carbamates (subject to hydrolysis) is 1. The maximum atomic E-state index is 11.8. The second-order valence-electron chi connectivity index (χ2n) is 4.29. The Balaban J connectivity index is 2.89. The molecular weight excluding hydrogens is 312 g/mol. The zero-order valence-electron chi connectivity index (χ0n) is 12.5. The SMILES string of the molecule is COC(=O)NCCN(c1ccc(C(=O)OC)cc1)S(C)(=O)=O. The number of nitrogens with one attached hydrogen (secondary N) is 1. The lowest BCUT2D eigenvalue weighted by Gasteiger charge is -2.22. The molecule has 0 spiro atoms. The van der Waals surface area contributed by atoms with Gasteiger partial charge in [-0.2, -0.15) is 0 Å². The van der Waals surface area contributed by atoms with E-state index in [0.717, 1.165) is 10.6 Å². The summed E-state index contributed by atoms with van der Waals surface area (Å²) in [6.45, 7) is 0.115. The van der Waals surface area contributed by atoms with Crippen LogP contribution in [0.2, 0.25) is 0 Å². The van der Waals surface area contributed by atoms with Crippen LogP contribution in [0.25, 0.3) is 0 Å². The minimum absolute atomic E-state index is 0.0332. The molecule has 1 amide bonds. The molecule has 8 nitrogen and oxygen atoms in total. The van der Waals surface area contributed by atoms with Crippen LogP contribution in [0.3, 0.4) is 0 Å². The fourth-order valence-corrected chi connectivity index (χ4v) is 2.63. The second kappa shape index (κ2) is 7.64. The number of anilines is 1. The number of hydrogen-bond donors (Lipinski definition) is 1. The first-order valence-corrected chi connectivity index (χ1v) is 8.12. The average molecular weight is 330 g/mol. The molecule has 22 heavy (non-hydrogen) atoms. The molecule has 0 aliphatic rings. The summed E-state index contributed by atoms with van der Waals surface area (Å²) in [5.41, 5.74) is 0.689. The van der Waals surface area contributed by atoms with E-state index in [1.165, 1.54) is 38.5 Å². The van der Waals surface area contributed by atoms with Crippen molar-refractivity contribution in [1.29, 1.82) is 0 Å². The quantitative estimate of drug-likeness (QED) is 0.766. The van der Waals surface area contributed by atoms with E-state index in [0.29, 0.717) is 11.3 Å². The van der Waals surface area contributed by atoms with Crippen LogP contribution in [0.5, 0.6) is 0 Å². The summed E-state index contributed by atoms with van der Waals surface area (Å²) >= 11 is 0. The number of amides is 1. The van der Waals surface area contributed by atoms with E-state index in [1.54, 1.807) is 0 Å². The topological polar surface area (TPSA) is 102 Å². The van der Waals surface area contributed by atoms with Crippen molar-refractivity contribution < 1.29 is 27.5 Å². The van der Waals surface area contributed by atoms with E-state index in [4.69, 9.17) is 0 Å². The van der Waals surface area contributed by atoms with Crippen LogP contribution < -0.4 is 9.62 Å². The van der Waals surface area contributed by atoms with Gasteiger partial charge in [0.2, 0.25) is 10.0 Å². The molecule has 0 aliphatic heterocycles. The molecule has 0 heterocycles. The molecule has 0 aromatic heterocycles. The van der Waals surface area contributed by atoms with Crippen molar-refractivity contribution in [3.63, 3.8) is 0 Å². The number of benzene rings is 1. The molecule has 0 bridgehead atoms. The highest BCUT2D eigenvalue weighted by Gasteiger charge is 2.18. The number of hydrogen-bond acceptors (Lipinski definition) is 6. The summed E-state index contributed by atoms with van der Waals surface area (Å²) < 4.78 is 33.8. The first-order valence-electron chi connectivity index (χ1n) is 6.27. The molecule has 122 valence electrons. The number of ether oxygens (including phenoxy) is 2. The molecule has 1 rings (SSSR count). The van der Waals surface area contributed by atoms with Crippen LogP contribution in [0, 0.1) is 0 Å². The number of methoxy groups -OCH3 is 2. The Kier molecular flexibility index (Phi) is 6.17. The van der Waals surface area contributed by atoms with E-state index in [9.17, 15) is 18.0 Å². The summed E-state index contributed by atoms with van der Waals surface area (Å²) in [7, 11) is -1.06. The van der Waals surface area contributed by atoms with Gasteiger partial charge in [-0.15, -0.1) is 0 Å². The van der Waals surface area contributed by atoms with Crippen molar-refractivity contribution in [2.24, 2.45) is 0 Å². The van der Waals surface area contributed by atoms with Gasteiger partial charge in [-0.25, -0.2) is 18.0 Å². The molecule has 1 aromatic rings. The Labute approximate surface area is 129 Å². The van der Waals surface area contributed by atoms with Crippen LogP contribution >= 0.6 is 0 Å². The van der Waals surface area contributed by atoms with Crippen LogP contribution in [0.4, 0.5) is 10.5 Å². The predicted molar refractivity (Wildman–Crippen MR) is 80.4 cm³/mol. The van der Waals surface area contributed by atoms with E-state index in [-0.39, 0.29) is 13.1 Å².